The number of ether oxygens (including phenoxy) is 1. The first kappa shape index (κ1) is 16.0. The molecule has 6 atom stereocenters. The molecule has 5 rings (SSSR count). The molecule has 1 saturated heterocycles. The molecule has 3 nitrogen and oxygen atoms in total. The Balaban J connectivity index is 1.49. The maximum absolute atomic E-state index is 12.8. The lowest BCUT2D eigenvalue weighted by molar-refractivity contribution is -0.164. The number of allylic oxidation sites excluding steroid dienone is 4. The second kappa shape index (κ2) is 5.94. The third-order valence-electron chi connectivity index (χ3n) is 8.12. The van der Waals surface area contributed by atoms with Crippen molar-refractivity contribution in [1.29, 1.82) is 0 Å². The van der Waals surface area contributed by atoms with Gasteiger partial charge in [-0.05, 0) is 74.7 Å². The van der Waals surface area contributed by atoms with Gasteiger partial charge in [-0.1, -0.05) is 29.7 Å². The Kier molecular flexibility index (Phi) is 3.81. The molecule has 4 fully saturated rings. The molecule has 1 N–H and O–H groups in total. The zero-order chi connectivity index (χ0) is 17.0. The van der Waals surface area contributed by atoms with Gasteiger partial charge in [0.25, 0.3) is 0 Å². The Labute approximate surface area is 149 Å². The summed E-state index contributed by atoms with van der Waals surface area (Å²) in [5.74, 6) is 2.29. The van der Waals surface area contributed by atoms with Crippen LogP contribution in [0.2, 0.25) is 0 Å². The summed E-state index contributed by atoms with van der Waals surface area (Å²) in [5.41, 5.74) is 2.79. The highest BCUT2D eigenvalue weighted by atomic mass is 19.1. The highest BCUT2D eigenvalue weighted by Gasteiger charge is 2.64. The number of hydrogen-bond donors (Lipinski definition) is 1. The van der Waals surface area contributed by atoms with E-state index in [1.165, 1.54) is 32.1 Å². The minimum atomic E-state index is -0.996. The molecule has 1 heterocycles. The predicted molar refractivity (Wildman–Crippen MR) is 93.3 cm³/mol. The van der Waals surface area contributed by atoms with E-state index in [1.807, 2.05) is 0 Å². The third kappa shape index (κ3) is 2.16. The van der Waals surface area contributed by atoms with Crippen LogP contribution in [0.5, 0.6) is 0 Å². The fraction of sp³-hybridized carbons (Fsp3) is 0.762. The van der Waals surface area contributed by atoms with E-state index in [-0.39, 0.29) is 5.97 Å². The highest BCUT2D eigenvalue weighted by molar-refractivity contribution is 5.79. The van der Waals surface area contributed by atoms with Crippen LogP contribution in [0, 0.1) is 35.0 Å². The van der Waals surface area contributed by atoms with Gasteiger partial charge in [-0.3, -0.25) is 4.79 Å². The number of fused-ring (bicyclic) bond motifs is 7. The van der Waals surface area contributed by atoms with E-state index in [2.05, 4.69) is 17.5 Å². The van der Waals surface area contributed by atoms with Crippen molar-refractivity contribution in [2.24, 2.45) is 35.0 Å². The van der Waals surface area contributed by atoms with Crippen LogP contribution in [0.25, 0.3) is 0 Å². The topological polar surface area (TPSA) is 38.3 Å². The van der Waals surface area contributed by atoms with Crippen LogP contribution < -0.4 is 5.32 Å². The summed E-state index contributed by atoms with van der Waals surface area (Å²) in [6.07, 6.45) is 13.5. The van der Waals surface area contributed by atoms with Gasteiger partial charge in [-0.25, -0.2) is 4.39 Å². The van der Waals surface area contributed by atoms with Gasteiger partial charge in [-0.15, -0.1) is 0 Å². The van der Waals surface area contributed by atoms with Gasteiger partial charge in [0, 0.05) is 6.54 Å². The van der Waals surface area contributed by atoms with Crippen molar-refractivity contribution in [1.82, 2.24) is 5.32 Å². The van der Waals surface area contributed by atoms with Crippen molar-refractivity contribution < 1.29 is 13.9 Å². The smallest absolute Gasteiger partial charge is 0.316 e. The van der Waals surface area contributed by atoms with Crippen LogP contribution in [0.15, 0.2) is 23.3 Å². The molecule has 0 bridgehead atoms. The second-order valence-electron chi connectivity index (χ2n) is 8.80. The zero-order valence-corrected chi connectivity index (χ0v) is 14.8. The van der Waals surface area contributed by atoms with Crippen LogP contribution in [-0.4, -0.2) is 25.9 Å². The summed E-state index contributed by atoms with van der Waals surface area (Å²) in [4.78, 5) is 12.8. The average Bonchev–Trinajstić information content (AvgIpc) is 3.19. The minimum Gasteiger partial charge on any atom is -0.433 e. The summed E-state index contributed by atoms with van der Waals surface area (Å²) in [7, 11) is 0. The maximum atomic E-state index is 12.8. The molecule has 0 aromatic heterocycles. The summed E-state index contributed by atoms with van der Waals surface area (Å²) in [6.45, 7) is 0.543. The minimum absolute atomic E-state index is 0.291. The molecule has 3 saturated carbocycles. The fourth-order valence-corrected chi connectivity index (χ4v) is 7.15. The van der Waals surface area contributed by atoms with Crippen molar-refractivity contribution in [3.63, 3.8) is 0 Å². The van der Waals surface area contributed by atoms with E-state index >= 15 is 0 Å². The maximum Gasteiger partial charge on any atom is 0.316 e. The summed E-state index contributed by atoms with van der Waals surface area (Å²) in [6, 6.07) is 0. The molecule has 0 spiro atoms. The standard InChI is InChI=1S/C21H28FNO2/c22-12-25-20(24)21-11-23-10-14(21)9-18-17-6-5-13-3-1-2-4-15(13)16(17)7-8-19(18)21/h5-6,14-16,18-19,23H,1-4,7-12H2. The van der Waals surface area contributed by atoms with Crippen molar-refractivity contribution in [2.75, 3.05) is 20.0 Å². The molecule has 6 unspecified atom stereocenters. The van der Waals surface area contributed by atoms with E-state index in [9.17, 15) is 9.18 Å². The number of nitrogens with one attached hydrogen (secondary N) is 1. The van der Waals surface area contributed by atoms with E-state index in [0.29, 0.717) is 30.2 Å². The van der Waals surface area contributed by atoms with Crippen molar-refractivity contribution in [2.45, 2.75) is 44.9 Å². The first-order valence-electron chi connectivity index (χ1n) is 10.1. The van der Waals surface area contributed by atoms with Crippen molar-refractivity contribution in [3.8, 4) is 0 Å². The molecule has 1 aliphatic heterocycles. The van der Waals surface area contributed by atoms with Gasteiger partial charge in [0.05, 0.1) is 5.41 Å². The third-order valence-corrected chi connectivity index (χ3v) is 8.12. The molecular formula is C21H28FNO2. The fourth-order valence-electron chi connectivity index (χ4n) is 7.15. The molecule has 4 aliphatic carbocycles. The van der Waals surface area contributed by atoms with Gasteiger partial charge < -0.3 is 10.1 Å². The summed E-state index contributed by atoms with van der Waals surface area (Å²) >= 11 is 0. The van der Waals surface area contributed by atoms with Crippen LogP contribution in [0.1, 0.15) is 44.9 Å². The lowest BCUT2D eigenvalue weighted by Crippen LogP contribution is -2.46. The number of carbonyl (C=O) groups excluding carboxylic acids is 1. The number of halogens is 1. The number of esters is 1. The molecule has 0 radical (unpaired) electrons. The largest absolute Gasteiger partial charge is 0.433 e. The lowest BCUT2D eigenvalue weighted by atomic mass is 9.58. The lowest BCUT2D eigenvalue weighted by Gasteiger charge is -2.46. The van der Waals surface area contributed by atoms with E-state index in [1.54, 1.807) is 11.1 Å². The Morgan fingerprint density at radius 3 is 3.00 bits per heavy atom. The molecule has 0 aromatic rings. The number of carbonyl (C=O) groups is 1. The highest BCUT2D eigenvalue weighted by Crippen LogP contribution is 2.63. The number of hydrogen-bond acceptors (Lipinski definition) is 3. The van der Waals surface area contributed by atoms with Crippen molar-refractivity contribution in [3.05, 3.63) is 23.3 Å². The monoisotopic (exact) mass is 345 g/mol. The molecule has 25 heavy (non-hydrogen) atoms. The normalized spacial score (nSPS) is 44.8. The summed E-state index contributed by atoms with van der Waals surface area (Å²) in [5, 5.41) is 3.40. The van der Waals surface area contributed by atoms with E-state index < -0.39 is 12.3 Å². The van der Waals surface area contributed by atoms with E-state index in [4.69, 9.17) is 4.74 Å². The SMILES string of the molecule is O=C(OCF)C12CNCC1CC1C3=CC=C4CCCCC4C3CCC12. The first-order chi connectivity index (χ1) is 12.3. The van der Waals surface area contributed by atoms with Crippen LogP contribution in [-0.2, 0) is 9.53 Å². The van der Waals surface area contributed by atoms with Gasteiger partial charge in [0.1, 0.15) is 0 Å². The summed E-state index contributed by atoms with van der Waals surface area (Å²) < 4.78 is 17.7. The van der Waals surface area contributed by atoms with Crippen LogP contribution in [0.4, 0.5) is 4.39 Å². The van der Waals surface area contributed by atoms with Crippen LogP contribution >= 0.6 is 0 Å². The van der Waals surface area contributed by atoms with Gasteiger partial charge in [0.15, 0.2) is 0 Å². The van der Waals surface area contributed by atoms with Gasteiger partial charge >= 0.3 is 5.97 Å². The second-order valence-corrected chi connectivity index (χ2v) is 8.80. The Bertz CT molecular complexity index is 642. The average molecular weight is 345 g/mol. The Morgan fingerprint density at radius 1 is 1.20 bits per heavy atom. The molecule has 4 heteroatoms. The molecule has 5 aliphatic rings. The van der Waals surface area contributed by atoms with Crippen molar-refractivity contribution >= 4 is 5.97 Å². The quantitative estimate of drug-likeness (QED) is 0.775. The van der Waals surface area contributed by atoms with Crippen LogP contribution in [0.3, 0.4) is 0 Å². The molecule has 136 valence electrons. The molecular weight excluding hydrogens is 317 g/mol. The van der Waals surface area contributed by atoms with Gasteiger partial charge in [-0.2, -0.15) is 0 Å². The predicted octanol–water partition coefficient (Wildman–Crippen LogP) is 3.77. The van der Waals surface area contributed by atoms with Gasteiger partial charge in [0.2, 0.25) is 6.86 Å². The Hall–Kier alpha value is -1.16. The number of rotatable bonds is 2. The number of alkyl halides is 1. The molecule has 0 amide bonds. The zero-order valence-electron chi connectivity index (χ0n) is 14.8. The first-order valence-corrected chi connectivity index (χ1v) is 10.1. The van der Waals surface area contributed by atoms with E-state index in [0.717, 1.165) is 25.3 Å². The Morgan fingerprint density at radius 2 is 2.12 bits per heavy atom. The molecule has 0 aromatic carbocycles.